The normalized spacial score (nSPS) is 12.6. The Labute approximate surface area is 111 Å². The molecule has 2 aromatic heterocycles. The molecule has 0 saturated heterocycles. The number of carbonyl (C=O) groups excluding carboxylic acids is 1. The van der Waals surface area contributed by atoms with Gasteiger partial charge in [-0.25, -0.2) is 4.98 Å². The first-order valence-corrected chi connectivity index (χ1v) is 6.03. The van der Waals surface area contributed by atoms with Crippen LogP contribution in [0.2, 0.25) is 0 Å². The Morgan fingerprint density at radius 2 is 2.05 bits per heavy atom. The van der Waals surface area contributed by atoms with Gasteiger partial charge in [-0.15, -0.1) is 0 Å². The van der Waals surface area contributed by atoms with Gasteiger partial charge in [0.1, 0.15) is 6.04 Å². The van der Waals surface area contributed by atoms with Crippen molar-refractivity contribution in [3.05, 3.63) is 31.0 Å². The number of hydrogen-bond acceptors (Lipinski definition) is 4. The highest BCUT2D eigenvalue weighted by Gasteiger charge is 2.24. The van der Waals surface area contributed by atoms with Gasteiger partial charge in [0, 0.05) is 23.6 Å². The summed E-state index contributed by atoms with van der Waals surface area (Å²) in [6.45, 7) is 3.87. The number of nitrogens with two attached hydrogens (primary N) is 2. The molecule has 2 rings (SSSR count). The minimum atomic E-state index is -0.461. The van der Waals surface area contributed by atoms with Crippen molar-refractivity contribution in [2.45, 2.75) is 19.9 Å². The van der Waals surface area contributed by atoms with Crippen molar-refractivity contribution in [1.29, 1.82) is 0 Å². The van der Waals surface area contributed by atoms with E-state index in [-0.39, 0.29) is 5.92 Å². The molecule has 0 saturated carbocycles. The smallest absolute Gasteiger partial charge is 0.240 e. The molecule has 1 atom stereocenters. The third-order valence-electron chi connectivity index (χ3n) is 3.02. The molecule has 0 aliphatic heterocycles. The maximum atomic E-state index is 11.6. The fraction of sp³-hybridized carbons (Fsp3) is 0.308. The number of rotatable bonds is 4. The maximum absolute atomic E-state index is 11.6. The van der Waals surface area contributed by atoms with Crippen LogP contribution < -0.4 is 11.5 Å². The van der Waals surface area contributed by atoms with Crippen LogP contribution in [0.4, 0.5) is 5.69 Å². The Kier molecular flexibility index (Phi) is 3.50. The van der Waals surface area contributed by atoms with Crippen molar-refractivity contribution >= 4 is 11.6 Å². The largest absolute Gasteiger partial charge is 0.398 e. The molecule has 0 aliphatic carbocycles. The second-order valence-corrected chi connectivity index (χ2v) is 4.74. The van der Waals surface area contributed by atoms with Gasteiger partial charge in [-0.05, 0) is 12.0 Å². The summed E-state index contributed by atoms with van der Waals surface area (Å²) in [6.07, 6.45) is 6.53. The molecule has 0 aromatic carbocycles. The second kappa shape index (κ2) is 5.09. The highest BCUT2D eigenvalue weighted by molar-refractivity contribution is 5.80. The zero-order chi connectivity index (χ0) is 14.0. The van der Waals surface area contributed by atoms with Crippen LogP contribution >= 0.6 is 0 Å². The standard InChI is InChI=1S/C13H17N5O/c1-8(2)12(13(15)19)18-7-17-6-11(18)9-5-16-4-3-10(9)14/h3-8,12H,1-2H3,(H2,14,16)(H2,15,19). The van der Waals surface area contributed by atoms with Crippen molar-refractivity contribution in [2.24, 2.45) is 11.7 Å². The van der Waals surface area contributed by atoms with E-state index >= 15 is 0 Å². The van der Waals surface area contributed by atoms with Gasteiger partial charge in [0.05, 0.1) is 18.2 Å². The van der Waals surface area contributed by atoms with Gasteiger partial charge in [0.25, 0.3) is 0 Å². The Morgan fingerprint density at radius 1 is 1.32 bits per heavy atom. The summed E-state index contributed by atoms with van der Waals surface area (Å²) in [7, 11) is 0. The number of nitrogens with zero attached hydrogens (tertiary/aromatic N) is 3. The molecule has 4 N–H and O–H groups in total. The number of pyridine rings is 1. The van der Waals surface area contributed by atoms with Gasteiger partial charge in [-0.3, -0.25) is 9.78 Å². The summed E-state index contributed by atoms with van der Waals surface area (Å²) in [5, 5.41) is 0. The molecule has 100 valence electrons. The predicted octanol–water partition coefficient (Wildman–Crippen LogP) is 1.21. The molecule has 19 heavy (non-hydrogen) atoms. The number of primary amides is 1. The lowest BCUT2D eigenvalue weighted by Gasteiger charge is -2.21. The van der Waals surface area contributed by atoms with E-state index in [1.54, 1.807) is 35.6 Å². The van der Waals surface area contributed by atoms with Crippen molar-refractivity contribution in [1.82, 2.24) is 14.5 Å². The number of hydrogen-bond donors (Lipinski definition) is 2. The van der Waals surface area contributed by atoms with Crippen LogP contribution in [0.3, 0.4) is 0 Å². The van der Waals surface area contributed by atoms with E-state index in [1.807, 2.05) is 13.8 Å². The summed E-state index contributed by atoms with van der Waals surface area (Å²) in [5.41, 5.74) is 13.5. The van der Waals surface area contributed by atoms with Gasteiger partial charge in [0.2, 0.25) is 5.91 Å². The van der Waals surface area contributed by atoms with Crippen LogP contribution in [0, 0.1) is 5.92 Å². The maximum Gasteiger partial charge on any atom is 0.240 e. The van der Waals surface area contributed by atoms with Gasteiger partial charge >= 0.3 is 0 Å². The Bertz CT molecular complexity index is 590. The summed E-state index contributed by atoms with van der Waals surface area (Å²) >= 11 is 0. The summed E-state index contributed by atoms with van der Waals surface area (Å²) < 4.78 is 1.75. The Morgan fingerprint density at radius 3 is 2.63 bits per heavy atom. The van der Waals surface area contributed by atoms with E-state index in [2.05, 4.69) is 9.97 Å². The first kappa shape index (κ1) is 13.1. The van der Waals surface area contributed by atoms with Gasteiger partial charge in [-0.1, -0.05) is 13.8 Å². The molecule has 2 heterocycles. The molecule has 0 fully saturated rings. The highest BCUT2D eigenvalue weighted by atomic mass is 16.1. The zero-order valence-electron chi connectivity index (χ0n) is 10.9. The average Bonchev–Trinajstić information content (AvgIpc) is 2.77. The first-order chi connectivity index (χ1) is 9.02. The van der Waals surface area contributed by atoms with E-state index in [1.165, 1.54) is 0 Å². The molecule has 1 unspecified atom stereocenters. The van der Waals surface area contributed by atoms with Crippen LogP contribution in [-0.2, 0) is 4.79 Å². The number of anilines is 1. The lowest BCUT2D eigenvalue weighted by molar-refractivity contribution is -0.122. The third kappa shape index (κ3) is 2.42. The number of carbonyl (C=O) groups is 1. The molecule has 6 nitrogen and oxygen atoms in total. The SMILES string of the molecule is CC(C)C(C(N)=O)n1cncc1-c1cnccc1N. The topological polar surface area (TPSA) is 99.8 Å². The minimum Gasteiger partial charge on any atom is -0.398 e. The lowest BCUT2D eigenvalue weighted by Crippen LogP contribution is -2.30. The van der Waals surface area contributed by atoms with Gasteiger partial charge in [0.15, 0.2) is 0 Å². The Balaban J connectivity index is 2.54. The van der Waals surface area contributed by atoms with E-state index in [9.17, 15) is 4.79 Å². The van der Waals surface area contributed by atoms with Crippen molar-refractivity contribution in [3.63, 3.8) is 0 Å². The van der Waals surface area contributed by atoms with E-state index in [0.717, 1.165) is 11.3 Å². The summed E-state index contributed by atoms with van der Waals surface area (Å²) in [5.74, 6) is -0.333. The Hall–Kier alpha value is -2.37. The van der Waals surface area contributed by atoms with Crippen molar-refractivity contribution in [2.75, 3.05) is 5.73 Å². The number of aromatic nitrogens is 3. The van der Waals surface area contributed by atoms with Crippen molar-refractivity contribution in [3.8, 4) is 11.3 Å². The quantitative estimate of drug-likeness (QED) is 0.861. The average molecular weight is 259 g/mol. The van der Waals surface area contributed by atoms with Gasteiger partial charge in [-0.2, -0.15) is 0 Å². The summed E-state index contributed by atoms with van der Waals surface area (Å²) in [6, 6.07) is 1.25. The number of amides is 1. The van der Waals surface area contributed by atoms with E-state index in [4.69, 9.17) is 11.5 Å². The predicted molar refractivity (Wildman–Crippen MR) is 72.9 cm³/mol. The van der Waals surface area contributed by atoms with Gasteiger partial charge < -0.3 is 16.0 Å². The monoisotopic (exact) mass is 259 g/mol. The highest BCUT2D eigenvalue weighted by Crippen LogP contribution is 2.29. The molecule has 0 spiro atoms. The van der Waals surface area contributed by atoms with Crippen LogP contribution in [0.5, 0.6) is 0 Å². The minimum absolute atomic E-state index is 0.0587. The van der Waals surface area contributed by atoms with Crippen LogP contribution in [0.1, 0.15) is 19.9 Å². The lowest BCUT2D eigenvalue weighted by atomic mass is 10.0. The molecule has 1 amide bonds. The van der Waals surface area contributed by atoms with Crippen LogP contribution in [-0.4, -0.2) is 20.4 Å². The molecule has 0 radical (unpaired) electrons. The summed E-state index contributed by atoms with van der Waals surface area (Å²) in [4.78, 5) is 19.8. The molecular weight excluding hydrogens is 242 g/mol. The zero-order valence-corrected chi connectivity index (χ0v) is 10.9. The molecule has 6 heteroatoms. The van der Waals surface area contributed by atoms with E-state index in [0.29, 0.717) is 5.69 Å². The first-order valence-electron chi connectivity index (χ1n) is 6.03. The fourth-order valence-electron chi connectivity index (χ4n) is 2.14. The fourth-order valence-corrected chi connectivity index (χ4v) is 2.14. The molecular formula is C13H17N5O. The number of imidazole rings is 1. The van der Waals surface area contributed by atoms with Crippen LogP contribution in [0.15, 0.2) is 31.0 Å². The third-order valence-corrected chi connectivity index (χ3v) is 3.02. The number of nitrogen functional groups attached to an aromatic ring is 1. The molecule has 2 aromatic rings. The van der Waals surface area contributed by atoms with E-state index < -0.39 is 11.9 Å². The van der Waals surface area contributed by atoms with Crippen LogP contribution in [0.25, 0.3) is 11.3 Å². The second-order valence-electron chi connectivity index (χ2n) is 4.74. The van der Waals surface area contributed by atoms with Crippen molar-refractivity contribution < 1.29 is 4.79 Å². The molecule has 0 aliphatic rings. The molecule has 0 bridgehead atoms.